The number of benzene rings is 2. The molecule has 6 nitrogen and oxygen atoms in total. The van der Waals surface area contributed by atoms with Crippen LogP contribution >= 0.6 is 11.6 Å². The summed E-state index contributed by atoms with van der Waals surface area (Å²) >= 11 is 6.24. The topological polar surface area (TPSA) is 79.5 Å². The Morgan fingerprint density at radius 3 is 2.63 bits per heavy atom. The number of para-hydroxylation sites is 2. The maximum atomic E-state index is 12.6. The molecule has 2 amide bonds. The number of rotatable bonds is 8. The SMILES string of the molecule is CCOc1ccccc1NC(=O)CNc1ccc(Cl)c(C(=O)NC2CCCCC2)c1. The minimum atomic E-state index is -0.217. The lowest BCUT2D eigenvalue weighted by Gasteiger charge is -2.23. The van der Waals surface area contributed by atoms with Crippen LogP contribution in [0, 0.1) is 0 Å². The Bertz CT molecular complexity index is 882. The highest BCUT2D eigenvalue weighted by Gasteiger charge is 2.18. The standard InChI is InChI=1S/C23H28ClN3O3/c1-2-30-21-11-7-6-10-20(21)27-22(28)15-25-17-12-13-19(24)18(14-17)23(29)26-16-8-4-3-5-9-16/h6-7,10-14,16,25H,2-5,8-9,15H2,1H3,(H,26,29)(H,27,28). The van der Waals surface area contributed by atoms with Crippen LogP contribution in [0.2, 0.25) is 5.02 Å². The first-order valence-electron chi connectivity index (χ1n) is 10.4. The van der Waals surface area contributed by atoms with Crippen molar-refractivity contribution in [2.45, 2.75) is 45.1 Å². The van der Waals surface area contributed by atoms with Crippen molar-refractivity contribution in [3.8, 4) is 5.75 Å². The second kappa shape index (κ2) is 10.9. The Kier molecular flexibility index (Phi) is 7.97. The van der Waals surface area contributed by atoms with Crippen molar-refractivity contribution in [2.24, 2.45) is 0 Å². The molecule has 0 atom stereocenters. The number of amides is 2. The number of ether oxygens (including phenoxy) is 1. The number of carbonyl (C=O) groups is 2. The number of nitrogens with one attached hydrogen (secondary N) is 3. The Morgan fingerprint density at radius 2 is 1.87 bits per heavy atom. The molecular weight excluding hydrogens is 402 g/mol. The van der Waals surface area contributed by atoms with Gasteiger partial charge in [0.1, 0.15) is 5.75 Å². The summed E-state index contributed by atoms with van der Waals surface area (Å²) in [7, 11) is 0. The van der Waals surface area contributed by atoms with Crippen molar-refractivity contribution in [3.05, 3.63) is 53.1 Å². The monoisotopic (exact) mass is 429 g/mol. The van der Waals surface area contributed by atoms with Gasteiger partial charge in [-0.3, -0.25) is 9.59 Å². The third kappa shape index (κ3) is 6.13. The molecule has 0 unspecified atom stereocenters. The van der Waals surface area contributed by atoms with Gasteiger partial charge in [0.05, 0.1) is 29.4 Å². The van der Waals surface area contributed by atoms with Crippen LogP contribution in [0.15, 0.2) is 42.5 Å². The summed E-state index contributed by atoms with van der Waals surface area (Å²) < 4.78 is 5.52. The lowest BCUT2D eigenvalue weighted by molar-refractivity contribution is -0.114. The van der Waals surface area contributed by atoms with Crippen molar-refractivity contribution in [1.82, 2.24) is 5.32 Å². The van der Waals surface area contributed by atoms with Gasteiger partial charge in [0.15, 0.2) is 0 Å². The van der Waals surface area contributed by atoms with Crippen molar-refractivity contribution < 1.29 is 14.3 Å². The number of hydrogen-bond acceptors (Lipinski definition) is 4. The zero-order valence-corrected chi connectivity index (χ0v) is 17.9. The normalized spacial score (nSPS) is 14.1. The minimum Gasteiger partial charge on any atom is -0.492 e. The van der Waals surface area contributed by atoms with Crippen LogP contribution in [-0.4, -0.2) is 31.0 Å². The Balaban J connectivity index is 1.58. The molecule has 0 heterocycles. The molecule has 1 aliphatic rings. The van der Waals surface area contributed by atoms with E-state index in [1.54, 1.807) is 24.3 Å². The third-order valence-corrected chi connectivity index (χ3v) is 5.40. The van der Waals surface area contributed by atoms with Crippen LogP contribution < -0.4 is 20.7 Å². The maximum absolute atomic E-state index is 12.6. The molecule has 30 heavy (non-hydrogen) atoms. The molecule has 0 saturated heterocycles. The smallest absolute Gasteiger partial charge is 0.253 e. The van der Waals surface area contributed by atoms with Crippen molar-refractivity contribution in [1.29, 1.82) is 0 Å². The first-order chi connectivity index (χ1) is 14.6. The summed E-state index contributed by atoms with van der Waals surface area (Å²) in [5.41, 5.74) is 1.69. The van der Waals surface area contributed by atoms with E-state index >= 15 is 0 Å². The van der Waals surface area contributed by atoms with E-state index in [-0.39, 0.29) is 24.4 Å². The van der Waals surface area contributed by atoms with Gasteiger partial charge >= 0.3 is 0 Å². The van der Waals surface area contributed by atoms with Gasteiger partial charge in [-0.2, -0.15) is 0 Å². The van der Waals surface area contributed by atoms with E-state index in [2.05, 4.69) is 16.0 Å². The van der Waals surface area contributed by atoms with E-state index < -0.39 is 0 Å². The fourth-order valence-corrected chi connectivity index (χ4v) is 3.75. The molecule has 3 N–H and O–H groups in total. The average molecular weight is 430 g/mol. The zero-order valence-electron chi connectivity index (χ0n) is 17.2. The van der Waals surface area contributed by atoms with Crippen LogP contribution in [0.1, 0.15) is 49.4 Å². The van der Waals surface area contributed by atoms with E-state index in [0.717, 1.165) is 25.7 Å². The van der Waals surface area contributed by atoms with Gasteiger partial charge in [-0.1, -0.05) is 43.0 Å². The van der Waals surface area contributed by atoms with E-state index in [0.29, 0.717) is 34.3 Å². The predicted octanol–water partition coefficient (Wildman–Crippen LogP) is 4.85. The van der Waals surface area contributed by atoms with Crippen LogP contribution in [0.4, 0.5) is 11.4 Å². The predicted molar refractivity (Wildman–Crippen MR) is 121 cm³/mol. The van der Waals surface area contributed by atoms with Gasteiger partial charge in [0, 0.05) is 11.7 Å². The third-order valence-electron chi connectivity index (χ3n) is 5.07. The molecule has 0 aliphatic heterocycles. The number of anilines is 2. The number of hydrogen-bond donors (Lipinski definition) is 3. The molecule has 1 saturated carbocycles. The fraction of sp³-hybridized carbons (Fsp3) is 0.391. The van der Waals surface area contributed by atoms with Gasteiger partial charge in [-0.15, -0.1) is 0 Å². The molecule has 160 valence electrons. The van der Waals surface area contributed by atoms with Crippen LogP contribution in [0.25, 0.3) is 0 Å². The molecule has 2 aromatic carbocycles. The number of carbonyl (C=O) groups excluding carboxylic acids is 2. The number of halogens is 1. The Hall–Kier alpha value is -2.73. The van der Waals surface area contributed by atoms with Gasteiger partial charge in [-0.05, 0) is 50.1 Å². The summed E-state index contributed by atoms with van der Waals surface area (Å²) in [5, 5.41) is 9.35. The Labute approximate surface area is 182 Å². The molecule has 3 rings (SSSR count). The Morgan fingerprint density at radius 1 is 1.10 bits per heavy atom. The summed E-state index contributed by atoms with van der Waals surface area (Å²) in [6, 6.07) is 12.6. The summed E-state index contributed by atoms with van der Waals surface area (Å²) in [6.45, 7) is 2.45. The lowest BCUT2D eigenvalue weighted by atomic mass is 9.95. The quantitative estimate of drug-likeness (QED) is 0.560. The molecule has 2 aromatic rings. The first-order valence-corrected chi connectivity index (χ1v) is 10.8. The summed E-state index contributed by atoms with van der Waals surface area (Å²) in [5.74, 6) is 0.234. The van der Waals surface area contributed by atoms with Crippen molar-refractivity contribution in [3.63, 3.8) is 0 Å². The highest BCUT2D eigenvalue weighted by atomic mass is 35.5. The van der Waals surface area contributed by atoms with Crippen LogP contribution in [0.5, 0.6) is 5.75 Å². The van der Waals surface area contributed by atoms with Gasteiger partial charge in [0.25, 0.3) is 5.91 Å². The molecule has 0 aromatic heterocycles. The van der Waals surface area contributed by atoms with E-state index in [9.17, 15) is 9.59 Å². The molecule has 7 heteroatoms. The van der Waals surface area contributed by atoms with E-state index in [1.165, 1.54) is 6.42 Å². The highest BCUT2D eigenvalue weighted by Crippen LogP contribution is 2.24. The summed E-state index contributed by atoms with van der Waals surface area (Å²) in [4.78, 5) is 25.0. The highest BCUT2D eigenvalue weighted by molar-refractivity contribution is 6.34. The van der Waals surface area contributed by atoms with E-state index in [4.69, 9.17) is 16.3 Å². The van der Waals surface area contributed by atoms with E-state index in [1.807, 2.05) is 25.1 Å². The molecule has 1 fully saturated rings. The van der Waals surface area contributed by atoms with Gasteiger partial charge in [-0.25, -0.2) is 0 Å². The average Bonchev–Trinajstić information content (AvgIpc) is 2.75. The molecule has 0 bridgehead atoms. The van der Waals surface area contributed by atoms with Gasteiger partial charge < -0.3 is 20.7 Å². The minimum absolute atomic E-state index is 0.0474. The second-order valence-corrected chi connectivity index (χ2v) is 7.74. The zero-order chi connectivity index (χ0) is 21.3. The first kappa shape index (κ1) is 22.0. The second-order valence-electron chi connectivity index (χ2n) is 7.33. The van der Waals surface area contributed by atoms with Crippen molar-refractivity contribution >= 4 is 34.8 Å². The van der Waals surface area contributed by atoms with Crippen LogP contribution in [0.3, 0.4) is 0 Å². The molecular formula is C23H28ClN3O3. The molecule has 0 spiro atoms. The van der Waals surface area contributed by atoms with Gasteiger partial charge in [0.2, 0.25) is 5.91 Å². The summed E-state index contributed by atoms with van der Waals surface area (Å²) in [6.07, 6.45) is 5.52. The fourth-order valence-electron chi connectivity index (χ4n) is 3.55. The molecule has 0 radical (unpaired) electrons. The maximum Gasteiger partial charge on any atom is 0.253 e. The molecule has 1 aliphatic carbocycles. The lowest BCUT2D eigenvalue weighted by Crippen LogP contribution is -2.36. The van der Waals surface area contributed by atoms with Crippen molar-refractivity contribution in [2.75, 3.05) is 23.8 Å². The van der Waals surface area contributed by atoms with Crippen LogP contribution in [-0.2, 0) is 4.79 Å². The largest absolute Gasteiger partial charge is 0.492 e.